The summed E-state index contributed by atoms with van der Waals surface area (Å²) in [6.07, 6.45) is 0. The highest BCUT2D eigenvalue weighted by molar-refractivity contribution is 5.91. The second-order valence-electron chi connectivity index (χ2n) is 4.33. The van der Waals surface area contributed by atoms with Crippen molar-refractivity contribution in [3.63, 3.8) is 0 Å². The van der Waals surface area contributed by atoms with E-state index in [4.69, 9.17) is 9.47 Å². The van der Waals surface area contributed by atoms with E-state index in [0.29, 0.717) is 6.61 Å². The van der Waals surface area contributed by atoms with Gasteiger partial charge in [0, 0.05) is 31.1 Å². The highest BCUT2D eigenvalue weighted by Gasteiger charge is 2.11. The number of ether oxygens (including phenoxy) is 2. The van der Waals surface area contributed by atoms with Crippen LogP contribution < -0.4 is 10.2 Å². The lowest BCUT2D eigenvalue weighted by molar-refractivity contribution is -0.120. The Hall–Kier alpha value is -1.59. The van der Waals surface area contributed by atoms with Crippen LogP contribution in [0.15, 0.2) is 24.3 Å². The third kappa shape index (κ3) is 4.22. The second-order valence-corrected chi connectivity index (χ2v) is 4.33. The van der Waals surface area contributed by atoms with Crippen molar-refractivity contribution < 1.29 is 14.3 Å². The number of hydrogen-bond acceptors (Lipinski definition) is 4. The number of amides is 1. The molecule has 5 heteroatoms. The van der Waals surface area contributed by atoms with Crippen LogP contribution in [-0.4, -0.2) is 45.4 Å². The predicted octanol–water partition coefficient (Wildman–Crippen LogP) is 1.50. The van der Waals surface area contributed by atoms with Crippen LogP contribution in [0.4, 0.5) is 11.4 Å². The van der Waals surface area contributed by atoms with E-state index in [-0.39, 0.29) is 12.5 Å². The van der Waals surface area contributed by atoms with E-state index in [1.54, 1.807) is 0 Å². The van der Waals surface area contributed by atoms with E-state index >= 15 is 0 Å². The van der Waals surface area contributed by atoms with Gasteiger partial charge in [0.2, 0.25) is 5.91 Å². The predicted molar refractivity (Wildman–Crippen MR) is 74.6 cm³/mol. The van der Waals surface area contributed by atoms with Crippen LogP contribution in [0.2, 0.25) is 0 Å². The van der Waals surface area contributed by atoms with Crippen LogP contribution in [0.3, 0.4) is 0 Å². The first-order valence-electron chi connectivity index (χ1n) is 6.60. The lowest BCUT2D eigenvalue weighted by Gasteiger charge is -2.28. The van der Waals surface area contributed by atoms with Crippen molar-refractivity contribution in [2.24, 2.45) is 0 Å². The summed E-state index contributed by atoms with van der Waals surface area (Å²) in [6, 6.07) is 7.85. The molecular weight excluding hydrogens is 244 g/mol. The Bertz CT molecular complexity index is 400. The van der Waals surface area contributed by atoms with Crippen molar-refractivity contribution in [2.75, 3.05) is 49.7 Å². The lowest BCUT2D eigenvalue weighted by atomic mass is 10.2. The minimum atomic E-state index is -0.124. The summed E-state index contributed by atoms with van der Waals surface area (Å²) in [7, 11) is 0. The molecule has 1 aromatic carbocycles. The molecule has 1 heterocycles. The Balaban J connectivity index is 1.88. The first-order valence-corrected chi connectivity index (χ1v) is 6.60. The van der Waals surface area contributed by atoms with E-state index in [0.717, 1.165) is 37.7 Å². The molecule has 1 N–H and O–H groups in total. The molecule has 1 aromatic rings. The molecule has 0 saturated carbocycles. The molecule has 1 amide bonds. The Morgan fingerprint density at radius 3 is 2.63 bits per heavy atom. The van der Waals surface area contributed by atoms with Crippen LogP contribution in [-0.2, 0) is 14.3 Å². The van der Waals surface area contributed by atoms with Gasteiger partial charge in [-0.05, 0) is 31.2 Å². The number of hydrogen-bond donors (Lipinski definition) is 1. The first kappa shape index (κ1) is 13.8. The molecule has 0 radical (unpaired) electrons. The number of carbonyl (C=O) groups excluding carboxylic acids is 1. The molecular formula is C14H20N2O3. The van der Waals surface area contributed by atoms with Gasteiger partial charge in [-0.1, -0.05) is 0 Å². The number of morpholine rings is 1. The molecule has 1 aliphatic rings. The fourth-order valence-corrected chi connectivity index (χ4v) is 1.97. The van der Waals surface area contributed by atoms with Gasteiger partial charge in [0.25, 0.3) is 0 Å². The van der Waals surface area contributed by atoms with Crippen molar-refractivity contribution in [3.05, 3.63) is 24.3 Å². The molecule has 0 atom stereocenters. The molecule has 0 bridgehead atoms. The molecule has 5 nitrogen and oxygen atoms in total. The smallest absolute Gasteiger partial charge is 0.250 e. The van der Waals surface area contributed by atoms with Crippen molar-refractivity contribution in [2.45, 2.75) is 6.92 Å². The van der Waals surface area contributed by atoms with Gasteiger partial charge >= 0.3 is 0 Å². The maximum Gasteiger partial charge on any atom is 0.250 e. The highest BCUT2D eigenvalue weighted by atomic mass is 16.5. The number of nitrogens with zero attached hydrogens (tertiary/aromatic N) is 1. The lowest BCUT2D eigenvalue weighted by Crippen LogP contribution is -2.36. The normalized spacial score (nSPS) is 15.3. The van der Waals surface area contributed by atoms with E-state index in [2.05, 4.69) is 10.2 Å². The van der Waals surface area contributed by atoms with E-state index < -0.39 is 0 Å². The number of rotatable bonds is 5. The highest BCUT2D eigenvalue weighted by Crippen LogP contribution is 2.18. The molecule has 0 spiro atoms. The Kier molecular flexibility index (Phi) is 5.18. The minimum absolute atomic E-state index is 0.0989. The van der Waals surface area contributed by atoms with Gasteiger partial charge < -0.3 is 19.7 Å². The number of carbonyl (C=O) groups is 1. The van der Waals surface area contributed by atoms with Crippen molar-refractivity contribution >= 4 is 17.3 Å². The summed E-state index contributed by atoms with van der Waals surface area (Å²) >= 11 is 0. The summed E-state index contributed by atoms with van der Waals surface area (Å²) < 4.78 is 10.4. The largest absolute Gasteiger partial charge is 0.378 e. The summed E-state index contributed by atoms with van der Waals surface area (Å²) in [5.41, 5.74) is 1.95. The van der Waals surface area contributed by atoms with Crippen LogP contribution in [0, 0.1) is 0 Å². The maximum atomic E-state index is 11.5. The van der Waals surface area contributed by atoms with Gasteiger partial charge in [0.15, 0.2) is 0 Å². The molecule has 2 rings (SSSR count). The SMILES string of the molecule is CCOCC(=O)Nc1ccc(N2CCOCC2)cc1. The van der Waals surface area contributed by atoms with Crippen molar-refractivity contribution in [1.82, 2.24) is 0 Å². The maximum absolute atomic E-state index is 11.5. The summed E-state index contributed by atoms with van der Waals surface area (Å²) in [5.74, 6) is -0.124. The molecule has 0 aromatic heterocycles. The zero-order valence-electron chi connectivity index (χ0n) is 11.2. The quantitative estimate of drug-likeness (QED) is 0.875. The van der Waals surface area contributed by atoms with Crippen LogP contribution >= 0.6 is 0 Å². The molecule has 1 aliphatic heterocycles. The fourth-order valence-electron chi connectivity index (χ4n) is 1.97. The van der Waals surface area contributed by atoms with E-state index in [1.165, 1.54) is 0 Å². The third-order valence-electron chi connectivity index (χ3n) is 2.96. The van der Waals surface area contributed by atoms with E-state index in [9.17, 15) is 4.79 Å². The van der Waals surface area contributed by atoms with Gasteiger partial charge in [-0.25, -0.2) is 0 Å². The van der Waals surface area contributed by atoms with Gasteiger partial charge in [-0.3, -0.25) is 4.79 Å². The summed E-state index contributed by atoms with van der Waals surface area (Å²) in [6.45, 7) is 5.88. The van der Waals surface area contributed by atoms with Crippen LogP contribution in [0.25, 0.3) is 0 Å². The zero-order chi connectivity index (χ0) is 13.5. The zero-order valence-corrected chi connectivity index (χ0v) is 11.2. The van der Waals surface area contributed by atoms with Crippen molar-refractivity contribution in [1.29, 1.82) is 0 Å². The van der Waals surface area contributed by atoms with E-state index in [1.807, 2.05) is 31.2 Å². The Morgan fingerprint density at radius 2 is 2.00 bits per heavy atom. The molecule has 0 unspecified atom stereocenters. The second kappa shape index (κ2) is 7.11. The molecule has 1 fully saturated rings. The van der Waals surface area contributed by atoms with Gasteiger partial charge in [0.05, 0.1) is 13.2 Å². The molecule has 1 saturated heterocycles. The van der Waals surface area contributed by atoms with Crippen molar-refractivity contribution in [3.8, 4) is 0 Å². The monoisotopic (exact) mass is 264 g/mol. The third-order valence-corrected chi connectivity index (χ3v) is 2.96. The van der Waals surface area contributed by atoms with Gasteiger partial charge in [-0.15, -0.1) is 0 Å². The molecule has 104 valence electrons. The minimum Gasteiger partial charge on any atom is -0.378 e. The first-order chi connectivity index (χ1) is 9.29. The number of benzene rings is 1. The van der Waals surface area contributed by atoms with Crippen LogP contribution in [0.5, 0.6) is 0 Å². The average Bonchev–Trinajstić information content (AvgIpc) is 2.47. The summed E-state index contributed by atoms with van der Waals surface area (Å²) in [5, 5.41) is 2.80. The molecule has 0 aliphatic carbocycles. The standard InChI is InChI=1S/C14H20N2O3/c1-2-18-11-14(17)15-12-3-5-13(6-4-12)16-7-9-19-10-8-16/h3-6H,2,7-11H2,1H3,(H,15,17). The van der Waals surface area contributed by atoms with Gasteiger partial charge in [-0.2, -0.15) is 0 Å². The fraction of sp³-hybridized carbons (Fsp3) is 0.500. The number of anilines is 2. The summed E-state index contributed by atoms with van der Waals surface area (Å²) in [4.78, 5) is 13.8. The van der Waals surface area contributed by atoms with Gasteiger partial charge in [0.1, 0.15) is 6.61 Å². The van der Waals surface area contributed by atoms with Crippen LogP contribution in [0.1, 0.15) is 6.92 Å². The molecule has 19 heavy (non-hydrogen) atoms. The number of nitrogens with one attached hydrogen (secondary N) is 1. The Morgan fingerprint density at radius 1 is 1.32 bits per heavy atom. The Labute approximate surface area is 113 Å². The topological polar surface area (TPSA) is 50.8 Å². The average molecular weight is 264 g/mol.